The largest absolute Gasteiger partial charge is 0.507 e. The van der Waals surface area contributed by atoms with E-state index in [2.05, 4.69) is 24.9 Å². The van der Waals surface area contributed by atoms with Crippen LogP contribution in [0.5, 0.6) is 0 Å². The summed E-state index contributed by atoms with van der Waals surface area (Å²) < 4.78 is 4.46. The van der Waals surface area contributed by atoms with Gasteiger partial charge in [-0.15, -0.1) is 0 Å². The monoisotopic (exact) mass is 270 g/mol. The van der Waals surface area contributed by atoms with Crippen molar-refractivity contribution in [1.82, 2.24) is 20.3 Å². The highest BCUT2D eigenvalue weighted by atomic mass is 16.6. The van der Waals surface area contributed by atoms with E-state index in [0.717, 1.165) is 5.56 Å². The number of aryl methyl sites for hydroxylation is 1. The van der Waals surface area contributed by atoms with Crippen molar-refractivity contribution in [3.05, 3.63) is 51.4 Å². The fourth-order valence-electron chi connectivity index (χ4n) is 1.71. The summed E-state index contributed by atoms with van der Waals surface area (Å²) in [5.41, 5.74) is 1.57. The Morgan fingerprint density at radius 1 is 1.30 bits per heavy atom. The molecule has 7 nitrogen and oxygen atoms in total. The van der Waals surface area contributed by atoms with E-state index in [9.17, 15) is 9.90 Å². The average Bonchev–Trinajstić information content (AvgIpc) is 2.87. The molecule has 2 heterocycles. The Hall–Kier alpha value is -2.96. The number of benzene rings is 1. The predicted octanol–water partition coefficient (Wildman–Crippen LogP) is 1.67. The lowest BCUT2D eigenvalue weighted by atomic mass is 10.1. The first-order chi connectivity index (χ1) is 9.63. The molecule has 3 rings (SSSR count). The second-order valence-corrected chi connectivity index (χ2v) is 4.28. The van der Waals surface area contributed by atoms with Gasteiger partial charge in [0, 0.05) is 11.6 Å². The van der Waals surface area contributed by atoms with E-state index in [1.807, 2.05) is 19.1 Å². The summed E-state index contributed by atoms with van der Waals surface area (Å²) in [6.07, 6.45) is 1.28. The van der Waals surface area contributed by atoms with Crippen molar-refractivity contribution in [3.8, 4) is 0 Å². The fraction of sp³-hybridized carbons (Fsp3) is 0.0769. The lowest BCUT2D eigenvalue weighted by Crippen LogP contribution is -2.12. The number of aliphatic hydroxyl groups is 1. The van der Waals surface area contributed by atoms with Crippen molar-refractivity contribution in [2.45, 2.75) is 6.92 Å². The third-order valence-corrected chi connectivity index (χ3v) is 2.78. The van der Waals surface area contributed by atoms with Gasteiger partial charge in [0.25, 0.3) is 5.56 Å². The Morgan fingerprint density at radius 3 is 2.80 bits per heavy atom. The van der Waals surface area contributed by atoms with E-state index in [4.69, 9.17) is 0 Å². The molecule has 100 valence electrons. The number of aromatic amines is 1. The second kappa shape index (κ2) is 4.61. The zero-order valence-electron chi connectivity index (χ0n) is 10.5. The van der Waals surface area contributed by atoms with Gasteiger partial charge in [-0.25, -0.2) is 9.61 Å². The normalized spacial score (nSPS) is 11.9. The molecule has 0 spiro atoms. The number of nitrogens with one attached hydrogen (secondary N) is 1. The van der Waals surface area contributed by atoms with E-state index >= 15 is 0 Å². The minimum atomic E-state index is -0.480. The van der Waals surface area contributed by atoms with Crippen molar-refractivity contribution in [3.63, 3.8) is 0 Å². The first-order valence-electron chi connectivity index (χ1n) is 5.84. The van der Waals surface area contributed by atoms with E-state index < -0.39 is 5.56 Å². The molecule has 2 aromatic heterocycles. The molecular formula is C13H10N4O3. The lowest BCUT2D eigenvalue weighted by molar-refractivity contribution is 0.314. The SMILES string of the molecule is Cc1ccc(/C(O)=C/c2nc3nonc3[nH]c2=O)cc1. The lowest BCUT2D eigenvalue weighted by Gasteiger charge is -2.00. The van der Waals surface area contributed by atoms with Crippen LogP contribution in [0.2, 0.25) is 0 Å². The summed E-state index contributed by atoms with van der Waals surface area (Å²) in [5, 5.41) is 17.0. The summed E-state index contributed by atoms with van der Waals surface area (Å²) in [7, 11) is 0. The fourth-order valence-corrected chi connectivity index (χ4v) is 1.71. The van der Waals surface area contributed by atoms with Gasteiger partial charge in [-0.2, -0.15) is 0 Å². The van der Waals surface area contributed by atoms with E-state index in [0.29, 0.717) is 5.56 Å². The maximum atomic E-state index is 11.8. The van der Waals surface area contributed by atoms with Crippen LogP contribution in [0.1, 0.15) is 16.8 Å². The highest BCUT2D eigenvalue weighted by Gasteiger charge is 2.08. The van der Waals surface area contributed by atoms with Gasteiger partial charge in [0.2, 0.25) is 11.3 Å². The van der Waals surface area contributed by atoms with Gasteiger partial charge in [-0.3, -0.25) is 9.78 Å². The van der Waals surface area contributed by atoms with Gasteiger partial charge in [0.05, 0.1) is 0 Å². The van der Waals surface area contributed by atoms with Crippen LogP contribution in [-0.4, -0.2) is 25.4 Å². The third kappa shape index (κ3) is 2.16. The molecule has 0 aliphatic heterocycles. The molecule has 0 atom stereocenters. The summed E-state index contributed by atoms with van der Waals surface area (Å²) in [5.74, 6) is -0.0567. The summed E-state index contributed by atoms with van der Waals surface area (Å²) in [6.45, 7) is 1.95. The molecule has 0 bridgehead atoms. The van der Waals surface area contributed by atoms with Crippen LogP contribution >= 0.6 is 0 Å². The van der Waals surface area contributed by atoms with Crippen LogP contribution in [0.4, 0.5) is 0 Å². The Morgan fingerprint density at radius 2 is 2.05 bits per heavy atom. The number of nitrogens with zero attached hydrogens (tertiary/aromatic N) is 3. The summed E-state index contributed by atoms with van der Waals surface area (Å²) in [6, 6.07) is 7.24. The number of aliphatic hydroxyl groups excluding tert-OH is 1. The molecule has 0 radical (unpaired) electrons. The van der Waals surface area contributed by atoms with Crippen LogP contribution in [0.25, 0.3) is 23.1 Å². The van der Waals surface area contributed by atoms with Crippen molar-refractivity contribution in [1.29, 1.82) is 0 Å². The van der Waals surface area contributed by atoms with Gasteiger partial charge in [0.15, 0.2) is 0 Å². The van der Waals surface area contributed by atoms with Crippen LogP contribution in [0.15, 0.2) is 33.7 Å². The van der Waals surface area contributed by atoms with Gasteiger partial charge in [-0.05, 0) is 17.2 Å². The first kappa shape index (κ1) is 12.1. The van der Waals surface area contributed by atoms with Gasteiger partial charge >= 0.3 is 0 Å². The van der Waals surface area contributed by atoms with Crippen molar-refractivity contribution in [2.75, 3.05) is 0 Å². The zero-order chi connectivity index (χ0) is 14.1. The molecule has 0 saturated carbocycles. The number of fused-ring (bicyclic) bond motifs is 1. The van der Waals surface area contributed by atoms with Crippen LogP contribution in [-0.2, 0) is 0 Å². The topological polar surface area (TPSA) is 105 Å². The molecule has 3 aromatic rings. The molecule has 7 heteroatoms. The molecule has 0 saturated heterocycles. The Labute approximate surface area is 112 Å². The van der Waals surface area contributed by atoms with Crippen molar-refractivity contribution < 1.29 is 9.74 Å². The molecule has 0 amide bonds. The molecular weight excluding hydrogens is 260 g/mol. The molecule has 0 aliphatic rings. The van der Waals surface area contributed by atoms with Gasteiger partial charge in [0.1, 0.15) is 11.5 Å². The van der Waals surface area contributed by atoms with E-state index in [-0.39, 0.29) is 22.7 Å². The predicted molar refractivity (Wildman–Crippen MR) is 71.9 cm³/mol. The number of hydrogen-bond acceptors (Lipinski definition) is 6. The number of aromatic nitrogens is 4. The summed E-state index contributed by atoms with van der Waals surface area (Å²) >= 11 is 0. The van der Waals surface area contributed by atoms with Gasteiger partial charge < -0.3 is 5.11 Å². The van der Waals surface area contributed by atoms with E-state index in [1.54, 1.807) is 12.1 Å². The number of rotatable bonds is 2. The first-order valence-corrected chi connectivity index (χ1v) is 5.84. The molecule has 1 aromatic carbocycles. The quantitative estimate of drug-likeness (QED) is 0.686. The standard InChI is InChI=1S/C13H10N4O3/c1-7-2-4-8(5-3-7)10(18)6-9-13(19)15-12-11(14-9)16-20-17-12/h2-6,18H,1H3,(H,15,17,19)/b10-6-. The average molecular weight is 270 g/mol. The molecule has 0 aliphatic carbocycles. The molecule has 0 unspecified atom stereocenters. The van der Waals surface area contributed by atoms with Crippen LogP contribution < -0.4 is 5.56 Å². The van der Waals surface area contributed by atoms with Gasteiger partial charge in [-0.1, -0.05) is 29.8 Å². The van der Waals surface area contributed by atoms with E-state index in [1.165, 1.54) is 6.08 Å². The van der Waals surface area contributed by atoms with Crippen molar-refractivity contribution in [2.24, 2.45) is 0 Å². The highest BCUT2D eigenvalue weighted by molar-refractivity contribution is 5.76. The Balaban J connectivity index is 2.06. The molecule has 20 heavy (non-hydrogen) atoms. The zero-order valence-corrected chi connectivity index (χ0v) is 10.5. The van der Waals surface area contributed by atoms with Crippen LogP contribution in [0, 0.1) is 6.92 Å². The van der Waals surface area contributed by atoms with Crippen molar-refractivity contribution >= 4 is 23.1 Å². The molecule has 2 N–H and O–H groups in total. The van der Waals surface area contributed by atoms with Crippen LogP contribution in [0.3, 0.4) is 0 Å². The Kier molecular flexibility index (Phi) is 2.79. The Bertz CT molecular complexity index is 846. The maximum absolute atomic E-state index is 11.8. The third-order valence-electron chi connectivity index (χ3n) is 2.78. The second-order valence-electron chi connectivity index (χ2n) is 4.28. The summed E-state index contributed by atoms with van der Waals surface area (Å²) in [4.78, 5) is 18.2. The maximum Gasteiger partial charge on any atom is 0.275 e. The number of hydrogen-bond donors (Lipinski definition) is 2. The highest BCUT2D eigenvalue weighted by Crippen LogP contribution is 2.14. The smallest absolute Gasteiger partial charge is 0.275 e. The minimum Gasteiger partial charge on any atom is -0.507 e. The molecule has 0 fully saturated rings. The number of H-pyrrole nitrogens is 1. The minimum absolute atomic E-state index is 0.0336.